The van der Waals surface area contributed by atoms with Gasteiger partial charge in [0.15, 0.2) is 5.82 Å². The SMILES string of the molecule is Clc1nccc(N2CCN(c3nc(-c4ccccc4Cl)nc4ccccc34)CC2)n1. The number of nitrogens with zero attached hydrogens (tertiary/aromatic N) is 6. The van der Waals surface area contributed by atoms with Gasteiger partial charge in [-0.05, 0) is 41.9 Å². The monoisotopic (exact) mass is 436 g/mol. The van der Waals surface area contributed by atoms with Crippen molar-refractivity contribution in [3.63, 3.8) is 0 Å². The van der Waals surface area contributed by atoms with E-state index in [1.807, 2.05) is 48.5 Å². The summed E-state index contributed by atoms with van der Waals surface area (Å²) < 4.78 is 0. The van der Waals surface area contributed by atoms with Gasteiger partial charge in [-0.1, -0.05) is 35.9 Å². The number of benzene rings is 2. The van der Waals surface area contributed by atoms with E-state index in [9.17, 15) is 0 Å². The Balaban J connectivity index is 1.49. The molecule has 2 aromatic carbocycles. The maximum absolute atomic E-state index is 6.42. The number of hydrogen-bond acceptors (Lipinski definition) is 6. The zero-order valence-corrected chi connectivity index (χ0v) is 17.6. The van der Waals surface area contributed by atoms with Gasteiger partial charge in [-0.3, -0.25) is 0 Å². The lowest BCUT2D eigenvalue weighted by atomic mass is 10.1. The molecule has 1 fully saturated rings. The highest BCUT2D eigenvalue weighted by atomic mass is 35.5. The van der Waals surface area contributed by atoms with E-state index in [4.69, 9.17) is 33.2 Å². The molecule has 0 bridgehead atoms. The number of halogens is 2. The molecule has 150 valence electrons. The Labute approximate surface area is 184 Å². The fourth-order valence-electron chi connectivity index (χ4n) is 3.71. The molecule has 6 nitrogen and oxygen atoms in total. The van der Waals surface area contributed by atoms with E-state index in [2.05, 4.69) is 25.8 Å². The number of hydrogen-bond donors (Lipinski definition) is 0. The second-order valence-corrected chi connectivity index (χ2v) is 7.77. The van der Waals surface area contributed by atoms with Gasteiger partial charge in [-0.15, -0.1) is 0 Å². The first kappa shape index (κ1) is 19.0. The lowest BCUT2D eigenvalue weighted by molar-refractivity contribution is 0.642. The van der Waals surface area contributed by atoms with E-state index >= 15 is 0 Å². The van der Waals surface area contributed by atoms with Crippen molar-refractivity contribution in [3.05, 3.63) is 71.1 Å². The maximum Gasteiger partial charge on any atom is 0.224 e. The van der Waals surface area contributed by atoms with Gasteiger partial charge >= 0.3 is 0 Å². The first-order valence-corrected chi connectivity index (χ1v) is 10.4. The van der Waals surface area contributed by atoms with E-state index in [1.54, 1.807) is 6.20 Å². The molecule has 8 heteroatoms. The largest absolute Gasteiger partial charge is 0.353 e. The molecule has 0 amide bonds. The van der Waals surface area contributed by atoms with Crippen molar-refractivity contribution < 1.29 is 0 Å². The zero-order chi connectivity index (χ0) is 20.5. The van der Waals surface area contributed by atoms with E-state index in [1.165, 1.54) is 0 Å². The summed E-state index contributed by atoms with van der Waals surface area (Å²) >= 11 is 12.4. The molecule has 0 spiro atoms. The minimum Gasteiger partial charge on any atom is -0.353 e. The quantitative estimate of drug-likeness (QED) is 0.433. The Morgan fingerprint density at radius 2 is 1.47 bits per heavy atom. The molecule has 30 heavy (non-hydrogen) atoms. The third-order valence-electron chi connectivity index (χ3n) is 5.21. The number of fused-ring (bicyclic) bond motifs is 1. The summed E-state index contributed by atoms with van der Waals surface area (Å²) in [6, 6.07) is 17.6. The van der Waals surface area contributed by atoms with Crippen LogP contribution in [0.15, 0.2) is 60.8 Å². The molecule has 3 heterocycles. The fourth-order valence-corrected chi connectivity index (χ4v) is 4.08. The highest BCUT2D eigenvalue weighted by Gasteiger charge is 2.22. The Hall–Kier alpha value is -2.96. The van der Waals surface area contributed by atoms with Crippen molar-refractivity contribution in [1.29, 1.82) is 0 Å². The van der Waals surface area contributed by atoms with Crippen LogP contribution in [-0.2, 0) is 0 Å². The molecule has 0 aliphatic carbocycles. The van der Waals surface area contributed by atoms with Crippen LogP contribution in [0.3, 0.4) is 0 Å². The Morgan fingerprint density at radius 1 is 0.733 bits per heavy atom. The van der Waals surface area contributed by atoms with Crippen LogP contribution in [-0.4, -0.2) is 46.1 Å². The van der Waals surface area contributed by atoms with E-state index in [0.29, 0.717) is 10.8 Å². The van der Waals surface area contributed by atoms with Crippen LogP contribution in [0.1, 0.15) is 0 Å². The second kappa shape index (κ2) is 8.05. The van der Waals surface area contributed by atoms with Crippen molar-refractivity contribution in [2.75, 3.05) is 36.0 Å². The second-order valence-electron chi connectivity index (χ2n) is 7.03. The molecular weight excluding hydrogens is 419 g/mol. The molecule has 0 radical (unpaired) electrons. The molecule has 0 saturated carbocycles. The summed E-state index contributed by atoms with van der Waals surface area (Å²) in [4.78, 5) is 22.5. The zero-order valence-electron chi connectivity index (χ0n) is 16.0. The predicted octanol–water partition coefficient (Wildman–Crippen LogP) is 4.72. The molecule has 1 saturated heterocycles. The van der Waals surface area contributed by atoms with Crippen LogP contribution in [0.5, 0.6) is 0 Å². The number of anilines is 2. The van der Waals surface area contributed by atoms with Crippen molar-refractivity contribution in [1.82, 2.24) is 19.9 Å². The summed E-state index contributed by atoms with van der Waals surface area (Å²) in [5.41, 5.74) is 1.74. The van der Waals surface area contributed by atoms with E-state index in [0.717, 1.165) is 54.3 Å². The van der Waals surface area contributed by atoms with Gasteiger partial charge < -0.3 is 9.80 Å². The van der Waals surface area contributed by atoms with Gasteiger partial charge in [0.05, 0.1) is 10.5 Å². The van der Waals surface area contributed by atoms with Crippen molar-refractivity contribution in [2.45, 2.75) is 0 Å². The average molecular weight is 437 g/mol. The van der Waals surface area contributed by atoms with Crippen LogP contribution < -0.4 is 9.80 Å². The van der Waals surface area contributed by atoms with Gasteiger partial charge in [-0.25, -0.2) is 19.9 Å². The van der Waals surface area contributed by atoms with Crippen LogP contribution in [0, 0.1) is 0 Å². The number of aromatic nitrogens is 4. The highest BCUT2D eigenvalue weighted by molar-refractivity contribution is 6.33. The standard InChI is InChI=1S/C22H18Cl2N6/c23-17-7-3-1-5-15(17)20-26-18-8-4-2-6-16(18)21(28-20)30-13-11-29(12-14-30)19-9-10-25-22(24)27-19/h1-10H,11-14H2. The van der Waals surface area contributed by atoms with Gasteiger partial charge in [0.1, 0.15) is 11.6 Å². The molecule has 2 aromatic heterocycles. The third-order valence-corrected chi connectivity index (χ3v) is 5.72. The van der Waals surface area contributed by atoms with Gasteiger partial charge in [0.25, 0.3) is 0 Å². The normalized spacial score (nSPS) is 14.3. The van der Waals surface area contributed by atoms with Crippen molar-refractivity contribution in [2.24, 2.45) is 0 Å². The maximum atomic E-state index is 6.42. The van der Waals surface area contributed by atoms with E-state index < -0.39 is 0 Å². The fraction of sp³-hybridized carbons (Fsp3) is 0.182. The first-order valence-electron chi connectivity index (χ1n) is 9.69. The first-order chi connectivity index (χ1) is 14.7. The summed E-state index contributed by atoms with van der Waals surface area (Å²) in [5.74, 6) is 2.41. The minimum absolute atomic E-state index is 0.265. The van der Waals surface area contributed by atoms with Gasteiger partial charge in [0.2, 0.25) is 5.28 Å². The topological polar surface area (TPSA) is 58.0 Å². The molecule has 1 aliphatic rings. The summed E-state index contributed by atoms with van der Waals surface area (Å²) in [5, 5.41) is 1.94. The summed E-state index contributed by atoms with van der Waals surface area (Å²) in [6.07, 6.45) is 1.69. The van der Waals surface area contributed by atoms with Crippen molar-refractivity contribution in [3.8, 4) is 11.4 Å². The molecule has 0 unspecified atom stereocenters. The van der Waals surface area contributed by atoms with Crippen LogP contribution in [0.25, 0.3) is 22.3 Å². The minimum atomic E-state index is 0.265. The van der Waals surface area contributed by atoms with Crippen molar-refractivity contribution >= 4 is 45.7 Å². The molecule has 4 aromatic rings. The molecule has 0 atom stereocenters. The Bertz CT molecular complexity index is 1210. The lowest BCUT2D eigenvalue weighted by Crippen LogP contribution is -2.47. The molecule has 0 N–H and O–H groups in total. The third kappa shape index (κ3) is 3.64. The Morgan fingerprint density at radius 3 is 2.27 bits per heavy atom. The average Bonchev–Trinajstić information content (AvgIpc) is 2.79. The predicted molar refractivity (Wildman–Crippen MR) is 121 cm³/mol. The lowest BCUT2D eigenvalue weighted by Gasteiger charge is -2.36. The Kier molecular flexibility index (Phi) is 5.11. The van der Waals surface area contributed by atoms with E-state index in [-0.39, 0.29) is 5.28 Å². The van der Waals surface area contributed by atoms with Crippen LogP contribution in [0.2, 0.25) is 10.3 Å². The van der Waals surface area contributed by atoms with Crippen LogP contribution >= 0.6 is 23.2 Å². The van der Waals surface area contributed by atoms with Crippen LogP contribution in [0.4, 0.5) is 11.6 Å². The highest BCUT2D eigenvalue weighted by Crippen LogP contribution is 2.31. The summed E-state index contributed by atoms with van der Waals surface area (Å²) in [7, 11) is 0. The number of rotatable bonds is 3. The molecular formula is C22H18Cl2N6. The number of piperazine rings is 1. The van der Waals surface area contributed by atoms with Gasteiger partial charge in [-0.2, -0.15) is 0 Å². The number of para-hydroxylation sites is 1. The molecule has 1 aliphatic heterocycles. The molecule has 5 rings (SSSR count). The van der Waals surface area contributed by atoms with Gasteiger partial charge in [0, 0.05) is 43.3 Å². The smallest absolute Gasteiger partial charge is 0.224 e. The summed E-state index contributed by atoms with van der Waals surface area (Å²) in [6.45, 7) is 3.25.